The Morgan fingerprint density at radius 3 is 2.82 bits per heavy atom. The van der Waals surface area contributed by atoms with Gasteiger partial charge in [-0.05, 0) is 45.0 Å². The summed E-state index contributed by atoms with van der Waals surface area (Å²) in [5, 5.41) is 28.2. The van der Waals surface area contributed by atoms with E-state index in [1.165, 1.54) is 13.1 Å². The predicted octanol–water partition coefficient (Wildman–Crippen LogP) is 3.70. The molecular formula is C19H21ClN6O2. The first kappa shape index (κ1) is 19.8. The number of nitrogens with zero attached hydrogens (tertiary/aromatic N) is 3. The minimum atomic E-state index is -0.954. The van der Waals surface area contributed by atoms with Crippen molar-refractivity contribution in [1.82, 2.24) is 20.2 Å². The van der Waals surface area contributed by atoms with Crippen LogP contribution in [0, 0.1) is 5.41 Å². The number of benzene rings is 1. The fraction of sp³-hybridized carbons (Fsp3) is 0.263. The highest BCUT2D eigenvalue weighted by atomic mass is 35.5. The molecule has 8 nitrogen and oxygen atoms in total. The van der Waals surface area contributed by atoms with E-state index in [1.54, 1.807) is 12.3 Å². The Labute approximate surface area is 167 Å². The van der Waals surface area contributed by atoms with Crippen molar-refractivity contribution in [3.8, 4) is 17.3 Å². The molecule has 2 aromatic heterocycles. The number of hydrogen-bond acceptors (Lipinski definition) is 7. The van der Waals surface area contributed by atoms with Crippen LogP contribution < -0.4 is 10.1 Å². The number of aliphatic hydroxyl groups is 1. The number of rotatable bonds is 7. The molecule has 0 fully saturated rings. The second-order valence-corrected chi connectivity index (χ2v) is 6.85. The maximum atomic E-state index is 9.41. The van der Waals surface area contributed by atoms with E-state index in [0.29, 0.717) is 17.3 Å². The minimum Gasteiger partial charge on any atom is -0.491 e. The quantitative estimate of drug-likeness (QED) is 0.449. The van der Waals surface area contributed by atoms with Gasteiger partial charge in [0.25, 0.3) is 0 Å². The lowest BCUT2D eigenvalue weighted by Gasteiger charge is -2.09. The first-order valence-electron chi connectivity index (χ1n) is 8.72. The summed E-state index contributed by atoms with van der Waals surface area (Å²) in [4.78, 5) is 8.75. The van der Waals surface area contributed by atoms with E-state index in [4.69, 9.17) is 21.7 Å². The van der Waals surface area contributed by atoms with Crippen LogP contribution in [-0.4, -0.2) is 43.2 Å². The highest BCUT2D eigenvalue weighted by molar-refractivity contribution is 6.43. The summed E-state index contributed by atoms with van der Waals surface area (Å²) in [5.41, 5.74) is 1.36. The number of nitrogens with one attached hydrogen (secondary N) is 3. The van der Waals surface area contributed by atoms with Crippen LogP contribution in [-0.2, 0) is 0 Å². The van der Waals surface area contributed by atoms with Crippen LogP contribution >= 0.6 is 11.6 Å². The van der Waals surface area contributed by atoms with Crippen molar-refractivity contribution >= 4 is 34.0 Å². The van der Waals surface area contributed by atoms with Gasteiger partial charge in [-0.1, -0.05) is 11.6 Å². The average Bonchev–Trinajstić information content (AvgIpc) is 3.08. The van der Waals surface area contributed by atoms with E-state index in [1.807, 2.05) is 32.0 Å². The molecule has 3 rings (SSSR count). The summed E-state index contributed by atoms with van der Waals surface area (Å²) in [5.74, 6) is 1.64. The summed E-state index contributed by atoms with van der Waals surface area (Å²) in [6, 6.07) is 7.35. The number of ether oxygens (including phenoxy) is 1. The Morgan fingerprint density at radius 1 is 1.32 bits per heavy atom. The molecule has 1 aromatic carbocycles. The molecule has 4 N–H and O–H groups in total. The summed E-state index contributed by atoms with van der Waals surface area (Å²) in [6.45, 7) is 5.41. The molecule has 0 aliphatic heterocycles. The van der Waals surface area contributed by atoms with Crippen LogP contribution in [0.4, 0.5) is 5.82 Å². The zero-order valence-electron chi connectivity index (χ0n) is 15.7. The number of halogens is 1. The summed E-state index contributed by atoms with van der Waals surface area (Å²) in [7, 11) is 0. The number of aromatic nitrogens is 4. The number of aliphatic hydroxyl groups excluding tert-OH is 1. The van der Waals surface area contributed by atoms with E-state index in [0.717, 1.165) is 16.7 Å². The SMILES string of the molecule is CC(C)Oc1ccc2[nH]nc(-c3nccc(N/C=C(/Cl)C(=N)C(C)O)n3)c2c1. The van der Waals surface area contributed by atoms with Crippen molar-refractivity contribution in [3.05, 3.63) is 41.7 Å². The fourth-order valence-electron chi connectivity index (χ4n) is 2.48. The largest absolute Gasteiger partial charge is 0.491 e. The van der Waals surface area contributed by atoms with Gasteiger partial charge < -0.3 is 20.6 Å². The van der Waals surface area contributed by atoms with Gasteiger partial charge in [0.1, 0.15) is 17.3 Å². The van der Waals surface area contributed by atoms with Crippen molar-refractivity contribution in [2.24, 2.45) is 0 Å². The lowest BCUT2D eigenvalue weighted by molar-refractivity contribution is 0.243. The van der Waals surface area contributed by atoms with Crippen molar-refractivity contribution in [3.63, 3.8) is 0 Å². The minimum absolute atomic E-state index is 0.0634. The van der Waals surface area contributed by atoms with E-state index < -0.39 is 6.10 Å². The molecule has 0 spiro atoms. The van der Waals surface area contributed by atoms with Crippen LogP contribution in [0.15, 0.2) is 41.7 Å². The standard InChI is InChI=1S/C19H21ClN6O2/c1-10(2)28-12-4-5-15-13(8-12)18(26-25-15)19-22-7-6-16(24-19)23-9-14(20)17(21)11(3)27/h4-11,21,27H,1-3H3,(H,25,26)(H,22,23,24)/b14-9+,21-17?. The Kier molecular flexibility index (Phi) is 5.91. The number of H-pyrrole nitrogens is 1. The van der Waals surface area contributed by atoms with E-state index in [2.05, 4.69) is 25.5 Å². The van der Waals surface area contributed by atoms with E-state index >= 15 is 0 Å². The Balaban J connectivity index is 1.89. The van der Waals surface area contributed by atoms with Crippen LogP contribution in [0.25, 0.3) is 22.4 Å². The molecule has 146 valence electrons. The van der Waals surface area contributed by atoms with Crippen molar-refractivity contribution in [2.45, 2.75) is 33.0 Å². The van der Waals surface area contributed by atoms with E-state index in [9.17, 15) is 5.11 Å². The summed E-state index contributed by atoms with van der Waals surface area (Å²) in [6.07, 6.45) is 2.11. The van der Waals surface area contributed by atoms with Crippen molar-refractivity contribution in [1.29, 1.82) is 5.41 Å². The third-order valence-electron chi connectivity index (χ3n) is 3.80. The lowest BCUT2D eigenvalue weighted by atomic mass is 10.2. The Morgan fingerprint density at radius 2 is 2.11 bits per heavy atom. The summed E-state index contributed by atoms with van der Waals surface area (Å²) >= 11 is 5.99. The van der Waals surface area contributed by atoms with Gasteiger partial charge in [0.05, 0.1) is 28.5 Å². The van der Waals surface area contributed by atoms with Gasteiger partial charge in [-0.2, -0.15) is 5.10 Å². The lowest BCUT2D eigenvalue weighted by Crippen LogP contribution is -2.15. The average molecular weight is 401 g/mol. The number of fused-ring (bicyclic) bond motifs is 1. The van der Waals surface area contributed by atoms with Gasteiger partial charge in [-0.25, -0.2) is 9.97 Å². The third-order valence-corrected chi connectivity index (χ3v) is 4.11. The molecule has 0 bridgehead atoms. The Bertz CT molecular complexity index is 1030. The summed E-state index contributed by atoms with van der Waals surface area (Å²) < 4.78 is 5.76. The molecule has 0 aliphatic carbocycles. The molecule has 2 heterocycles. The zero-order valence-corrected chi connectivity index (χ0v) is 16.4. The third kappa shape index (κ3) is 4.47. The molecule has 3 aromatic rings. The Hall–Kier alpha value is -2.97. The van der Waals surface area contributed by atoms with Crippen LogP contribution in [0.3, 0.4) is 0 Å². The van der Waals surface area contributed by atoms with Gasteiger partial charge in [-0.15, -0.1) is 0 Å². The van der Waals surface area contributed by atoms with Gasteiger partial charge in [0, 0.05) is 17.8 Å². The van der Waals surface area contributed by atoms with Gasteiger partial charge in [-0.3, -0.25) is 5.10 Å². The normalized spacial score (nSPS) is 13.0. The van der Waals surface area contributed by atoms with Crippen LogP contribution in [0.5, 0.6) is 5.75 Å². The topological polar surface area (TPSA) is 120 Å². The maximum absolute atomic E-state index is 9.41. The zero-order chi connectivity index (χ0) is 20.3. The number of hydrogen-bond donors (Lipinski definition) is 4. The molecular weight excluding hydrogens is 380 g/mol. The monoisotopic (exact) mass is 400 g/mol. The van der Waals surface area contributed by atoms with Crippen LogP contribution in [0.1, 0.15) is 20.8 Å². The number of anilines is 1. The first-order chi connectivity index (χ1) is 13.3. The predicted molar refractivity (Wildman–Crippen MR) is 110 cm³/mol. The smallest absolute Gasteiger partial charge is 0.182 e. The fourth-order valence-corrected chi connectivity index (χ4v) is 2.69. The van der Waals surface area contributed by atoms with Crippen molar-refractivity contribution < 1.29 is 9.84 Å². The molecule has 1 unspecified atom stereocenters. The molecule has 28 heavy (non-hydrogen) atoms. The second-order valence-electron chi connectivity index (χ2n) is 6.44. The highest BCUT2D eigenvalue weighted by Crippen LogP contribution is 2.28. The van der Waals surface area contributed by atoms with Gasteiger partial charge in [0.2, 0.25) is 0 Å². The second kappa shape index (κ2) is 8.37. The molecule has 0 saturated carbocycles. The molecule has 0 aliphatic rings. The molecule has 9 heteroatoms. The molecule has 0 amide bonds. The maximum Gasteiger partial charge on any atom is 0.182 e. The van der Waals surface area contributed by atoms with Gasteiger partial charge >= 0.3 is 0 Å². The van der Waals surface area contributed by atoms with Gasteiger partial charge in [0.15, 0.2) is 5.82 Å². The molecule has 1 atom stereocenters. The molecule has 0 saturated heterocycles. The van der Waals surface area contributed by atoms with Crippen molar-refractivity contribution in [2.75, 3.05) is 5.32 Å². The molecule has 0 radical (unpaired) electrons. The highest BCUT2D eigenvalue weighted by Gasteiger charge is 2.13. The first-order valence-corrected chi connectivity index (χ1v) is 9.10. The van der Waals surface area contributed by atoms with E-state index in [-0.39, 0.29) is 16.8 Å². The number of aromatic amines is 1. The van der Waals surface area contributed by atoms with Crippen LogP contribution in [0.2, 0.25) is 0 Å².